The minimum absolute atomic E-state index is 0.0163. The number of benzene rings is 1. The topological polar surface area (TPSA) is 101 Å². The molecule has 8 heteroatoms. The van der Waals surface area contributed by atoms with Gasteiger partial charge in [0.2, 0.25) is 0 Å². The summed E-state index contributed by atoms with van der Waals surface area (Å²) in [5.74, 6) is -0.681. The van der Waals surface area contributed by atoms with Crippen LogP contribution in [0.25, 0.3) is 0 Å². The third-order valence-electron chi connectivity index (χ3n) is 2.97. The van der Waals surface area contributed by atoms with Crippen molar-refractivity contribution in [2.24, 2.45) is 0 Å². The third-order valence-corrected chi connectivity index (χ3v) is 4.52. The minimum Gasteiger partial charge on any atom is -0.272 e. The van der Waals surface area contributed by atoms with Crippen LogP contribution in [0.3, 0.4) is 0 Å². The number of amides is 1. The lowest BCUT2D eigenvalue weighted by Crippen LogP contribution is -2.42. The highest BCUT2D eigenvalue weighted by atomic mass is 32.2. The molecule has 2 aromatic rings. The van der Waals surface area contributed by atoms with Crippen LogP contribution in [0.2, 0.25) is 0 Å². The van der Waals surface area contributed by atoms with Crippen LogP contribution >= 0.6 is 0 Å². The van der Waals surface area contributed by atoms with Crippen molar-refractivity contribution in [3.8, 4) is 0 Å². The van der Waals surface area contributed by atoms with E-state index in [0.717, 1.165) is 5.56 Å². The predicted molar refractivity (Wildman–Crippen MR) is 80.5 cm³/mol. The van der Waals surface area contributed by atoms with Crippen molar-refractivity contribution >= 4 is 15.9 Å². The van der Waals surface area contributed by atoms with Crippen LogP contribution < -0.4 is 10.3 Å². The lowest BCUT2D eigenvalue weighted by atomic mass is 10.1. The molecule has 1 aromatic carbocycles. The fourth-order valence-electron chi connectivity index (χ4n) is 2.24. The van der Waals surface area contributed by atoms with Crippen LogP contribution in [-0.4, -0.2) is 24.3 Å². The van der Waals surface area contributed by atoms with Crippen molar-refractivity contribution in [2.75, 3.05) is 0 Å². The van der Waals surface area contributed by atoms with E-state index in [1.165, 1.54) is 18.6 Å². The van der Waals surface area contributed by atoms with E-state index in [1.54, 1.807) is 26.0 Å². The smallest absolute Gasteiger partial charge is 0.272 e. The summed E-state index contributed by atoms with van der Waals surface area (Å²) in [7, 11) is -3.87. The van der Waals surface area contributed by atoms with Crippen molar-refractivity contribution in [2.45, 2.75) is 25.7 Å². The number of carbonyl (C=O) groups excluding carboxylic acids is 1. The Hall–Kier alpha value is -2.32. The number of nitrogens with one attached hydrogen (secondary N) is 2. The maximum absolute atomic E-state index is 12.4. The average molecular weight is 320 g/mol. The Morgan fingerprint density at radius 2 is 1.73 bits per heavy atom. The van der Waals surface area contributed by atoms with Crippen molar-refractivity contribution in [1.29, 1.82) is 0 Å². The molecule has 0 atom stereocenters. The number of nitrogens with zero attached hydrogens (tertiary/aromatic N) is 2. The second-order valence-electron chi connectivity index (χ2n) is 4.88. The Bertz CT molecular complexity index is 781. The van der Waals surface area contributed by atoms with E-state index in [2.05, 4.69) is 20.2 Å². The Morgan fingerprint density at radius 1 is 1.09 bits per heavy atom. The predicted octanol–water partition coefficient (Wildman–Crippen LogP) is 1.03. The first-order valence-corrected chi connectivity index (χ1v) is 7.95. The highest BCUT2D eigenvalue weighted by Crippen LogP contribution is 2.21. The number of aromatic nitrogens is 2. The summed E-state index contributed by atoms with van der Waals surface area (Å²) in [4.78, 5) is 21.6. The van der Waals surface area contributed by atoms with Crippen LogP contribution in [0, 0.1) is 20.8 Å². The fraction of sp³-hybridized carbons (Fsp3) is 0.214. The van der Waals surface area contributed by atoms with E-state index in [4.69, 9.17) is 0 Å². The standard InChI is InChI=1S/C14H16N4O3S/c1-9-6-10(2)13(11(3)7-9)22(20,21)18-17-14(19)12-8-15-4-5-16-12/h4-8,18H,1-3H3,(H,17,19). The molecule has 7 nitrogen and oxygen atoms in total. The minimum atomic E-state index is -3.87. The van der Waals surface area contributed by atoms with Gasteiger partial charge >= 0.3 is 0 Å². The molecule has 0 fully saturated rings. The van der Waals surface area contributed by atoms with Gasteiger partial charge in [0.1, 0.15) is 5.69 Å². The zero-order valence-corrected chi connectivity index (χ0v) is 13.2. The third kappa shape index (κ3) is 3.46. The van der Waals surface area contributed by atoms with Crippen LogP contribution in [0.4, 0.5) is 0 Å². The van der Waals surface area contributed by atoms with Gasteiger partial charge in [-0.3, -0.25) is 15.2 Å². The molecule has 2 N–H and O–H groups in total. The summed E-state index contributed by atoms with van der Waals surface area (Å²) in [6.45, 7) is 5.30. The molecule has 2 rings (SSSR count). The largest absolute Gasteiger partial charge is 0.286 e. The number of hydrogen-bond donors (Lipinski definition) is 2. The second-order valence-corrected chi connectivity index (χ2v) is 6.50. The zero-order valence-electron chi connectivity index (χ0n) is 12.4. The molecule has 1 heterocycles. The van der Waals surface area contributed by atoms with Crippen molar-refractivity contribution in [3.63, 3.8) is 0 Å². The lowest BCUT2D eigenvalue weighted by Gasteiger charge is -2.13. The van der Waals surface area contributed by atoms with E-state index in [9.17, 15) is 13.2 Å². The summed E-state index contributed by atoms with van der Waals surface area (Å²) in [5, 5.41) is 0. The van der Waals surface area contributed by atoms with E-state index in [-0.39, 0.29) is 10.6 Å². The summed E-state index contributed by atoms with van der Waals surface area (Å²) in [6.07, 6.45) is 4.00. The van der Waals surface area contributed by atoms with E-state index in [1.807, 2.05) is 6.92 Å². The van der Waals surface area contributed by atoms with Crippen LogP contribution in [0.1, 0.15) is 27.2 Å². The Kier molecular flexibility index (Phi) is 4.53. The first-order chi connectivity index (χ1) is 10.3. The molecular weight excluding hydrogens is 304 g/mol. The van der Waals surface area contributed by atoms with E-state index >= 15 is 0 Å². The summed E-state index contributed by atoms with van der Waals surface area (Å²) in [6, 6.07) is 3.54. The highest BCUT2D eigenvalue weighted by Gasteiger charge is 2.21. The first-order valence-electron chi connectivity index (χ1n) is 6.47. The number of hydrazine groups is 1. The Balaban J connectivity index is 2.21. The molecule has 0 aliphatic heterocycles. The summed E-state index contributed by atoms with van der Waals surface area (Å²) < 4.78 is 24.7. The summed E-state index contributed by atoms with van der Waals surface area (Å²) >= 11 is 0. The molecule has 0 spiro atoms. The van der Waals surface area contributed by atoms with Crippen molar-refractivity contribution in [1.82, 2.24) is 20.2 Å². The van der Waals surface area contributed by atoms with Crippen LogP contribution in [0.5, 0.6) is 0 Å². The zero-order chi connectivity index (χ0) is 16.3. The quantitative estimate of drug-likeness (QED) is 0.819. The van der Waals surface area contributed by atoms with Gasteiger partial charge in [-0.25, -0.2) is 13.4 Å². The van der Waals surface area contributed by atoms with Crippen LogP contribution in [0.15, 0.2) is 35.6 Å². The number of hydrogen-bond acceptors (Lipinski definition) is 5. The molecule has 0 bridgehead atoms. The molecular formula is C14H16N4O3S. The number of aryl methyl sites for hydroxylation is 3. The monoisotopic (exact) mass is 320 g/mol. The molecule has 0 saturated carbocycles. The second kappa shape index (κ2) is 6.20. The molecule has 1 amide bonds. The maximum atomic E-state index is 12.4. The van der Waals surface area contributed by atoms with Gasteiger partial charge in [0.25, 0.3) is 15.9 Å². The lowest BCUT2D eigenvalue weighted by molar-refractivity contribution is 0.0939. The van der Waals surface area contributed by atoms with Gasteiger partial charge in [0.05, 0.1) is 11.1 Å². The molecule has 0 aliphatic carbocycles. The molecule has 0 aliphatic rings. The van der Waals surface area contributed by atoms with E-state index < -0.39 is 15.9 Å². The fourth-order valence-corrected chi connectivity index (χ4v) is 3.53. The number of rotatable bonds is 4. The van der Waals surface area contributed by atoms with Gasteiger partial charge in [0, 0.05) is 12.4 Å². The van der Waals surface area contributed by atoms with Gasteiger partial charge in [-0.05, 0) is 31.9 Å². The molecule has 0 saturated heterocycles. The molecule has 0 unspecified atom stereocenters. The van der Waals surface area contributed by atoms with Gasteiger partial charge in [-0.15, -0.1) is 4.83 Å². The first kappa shape index (κ1) is 16.1. The molecule has 0 radical (unpaired) electrons. The maximum Gasteiger partial charge on any atom is 0.286 e. The normalized spacial score (nSPS) is 11.2. The number of carbonyl (C=O) groups is 1. The molecule has 22 heavy (non-hydrogen) atoms. The molecule has 1 aromatic heterocycles. The van der Waals surface area contributed by atoms with Gasteiger partial charge < -0.3 is 0 Å². The van der Waals surface area contributed by atoms with E-state index in [0.29, 0.717) is 11.1 Å². The number of sulfonamides is 1. The van der Waals surface area contributed by atoms with Gasteiger partial charge in [-0.1, -0.05) is 17.7 Å². The Morgan fingerprint density at radius 3 is 2.27 bits per heavy atom. The van der Waals surface area contributed by atoms with Gasteiger partial charge in [0.15, 0.2) is 0 Å². The Labute approximate surface area is 128 Å². The van der Waals surface area contributed by atoms with Crippen molar-refractivity contribution in [3.05, 3.63) is 53.1 Å². The van der Waals surface area contributed by atoms with Crippen LogP contribution in [-0.2, 0) is 10.0 Å². The highest BCUT2D eigenvalue weighted by molar-refractivity contribution is 7.89. The average Bonchev–Trinajstić information content (AvgIpc) is 2.44. The van der Waals surface area contributed by atoms with Crippen molar-refractivity contribution < 1.29 is 13.2 Å². The SMILES string of the molecule is Cc1cc(C)c(S(=O)(=O)NNC(=O)c2cnccn2)c(C)c1. The summed E-state index contributed by atoms with van der Waals surface area (Å²) in [5.41, 5.74) is 4.33. The van der Waals surface area contributed by atoms with Gasteiger partial charge in [-0.2, -0.15) is 0 Å². The molecule has 116 valence electrons.